The highest BCUT2D eigenvalue weighted by molar-refractivity contribution is 7.90. The van der Waals surface area contributed by atoms with E-state index in [0.717, 1.165) is 30.1 Å². The first kappa shape index (κ1) is 29.3. The summed E-state index contributed by atoms with van der Waals surface area (Å²) in [7, 11) is -3.30. The van der Waals surface area contributed by atoms with Gasteiger partial charge in [-0.05, 0) is 79.1 Å². The van der Waals surface area contributed by atoms with E-state index in [0.29, 0.717) is 33.8 Å². The molecule has 3 aromatic heterocycles. The Balaban J connectivity index is 1.33. The number of carbonyl (C=O) groups excluding carboxylic acids is 1. The summed E-state index contributed by atoms with van der Waals surface area (Å²) < 4.78 is 64.2. The Kier molecular flexibility index (Phi) is 7.93. The number of aryl methyl sites for hydroxylation is 1. The van der Waals surface area contributed by atoms with E-state index in [4.69, 9.17) is 0 Å². The van der Waals surface area contributed by atoms with E-state index in [2.05, 4.69) is 32.4 Å². The molecule has 0 radical (unpaired) electrons. The average molecular weight is 604 g/mol. The molecule has 2 aromatic carbocycles. The number of nitrogens with zero attached hydrogens (tertiary/aromatic N) is 3. The molecule has 3 heterocycles. The van der Waals surface area contributed by atoms with Crippen LogP contribution in [0.15, 0.2) is 90.2 Å². The van der Waals surface area contributed by atoms with Crippen molar-refractivity contribution >= 4 is 32.8 Å². The molecule has 2 N–H and O–H groups in total. The minimum atomic E-state index is -4.50. The number of fused-ring (bicyclic) bond motifs is 1. The second-order valence-electron chi connectivity index (χ2n) is 9.68. The first-order valence-electron chi connectivity index (χ1n) is 12.8. The highest BCUT2D eigenvalue weighted by Crippen LogP contribution is 2.29. The van der Waals surface area contributed by atoms with Crippen LogP contribution in [0.25, 0.3) is 5.65 Å². The number of aromatic nitrogens is 3. The van der Waals surface area contributed by atoms with Crippen LogP contribution >= 0.6 is 0 Å². The molecule has 8 nitrogen and oxygen atoms in total. The zero-order valence-electron chi connectivity index (χ0n) is 22.9. The smallest absolute Gasteiger partial charge is 0.352 e. The van der Waals surface area contributed by atoms with Crippen molar-refractivity contribution in [3.8, 4) is 11.8 Å². The Morgan fingerprint density at radius 3 is 2.49 bits per heavy atom. The SMILES string of the molecule is Cc1ccc(C(=O)NCc2cc(C(F)(F)F)ccn2)cc1C#Cc1cnc2c(Nc3ccc(S(C)(=O)=O)cc3)cccn12. The summed E-state index contributed by atoms with van der Waals surface area (Å²) in [6.45, 7) is 1.68. The lowest BCUT2D eigenvalue weighted by atomic mass is 10.0. The number of alkyl halides is 3. The second-order valence-corrected chi connectivity index (χ2v) is 11.7. The third-order valence-corrected chi connectivity index (χ3v) is 7.62. The van der Waals surface area contributed by atoms with Gasteiger partial charge in [-0.3, -0.25) is 14.2 Å². The van der Waals surface area contributed by atoms with Gasteiger partial charge >= 0.3 is 6.18 Å². The molecule has 43 heavy (non-hydrogen) atoms. The standard InChI is InChI=1S/C31H24F3N5O3S/c1-20-5-6-22(30(40)37-18-25-17-23(13-14-35-25)31(32,33)34)16-21(20)7-10-26-19-36-29-28(4-3-15-39(26)29)38-24-8-11-27(12-9-24)43(2,41)42/h3-6,8-9,11-17,19,38H,18H2,1-2H3,(H,37,40). The normalized spacial score (nSPS) is 11.6. The number of anilines is 2. The molecule has 0 unspecified atom stereocenters. The highest BCUT2D eigenvalue weighted by atomic mass is 32.2. The van der Waals surface area contributed by atoms with Gasteiger partial charge in [0, 0.05) is 35.5 Å². The molecule has 0 aliphatic rings. The van der Waals surface area contributed by atoms with Gasteiger partial charge in [-0.1, -0.05) is 12.0 Å². The minimum absolute atomic E-state index is 0.0858. The second kappa shape index (κ2) is 11.6. The molecular formula is C31H24F3N5O3S. The number of hydrogen-bond acceptors (Lipinski definition) is 6. The zero-order chi connectivity index (χ0) is 30.8. The Morgan fingerprint density at radius 2 is 1.77 bits per heavy atom. The molecule has 1 amide bonds. The number of imidazole rings is 1. The Morgan fingerprint density at radius 1 is 1.00 bits per heavy atom. The van der Waals surface area contributed by atoms with Crippen molar-refractivity contribution in [3.63, 3.8) is 0 Å². The third-order valence-electron chi connectivity index (χ3n) is 6.50. The third kappa shape index (κ3) is 6.85. The summed E-state index contributed by atoms with van der Waals surface area (Å²) in [5, 5.41) is 5.85. The summed E-state index contributed by atoms with van der Waals surface area (Å²) in [6.07, 6.45) is 1.13. The summed E-state index contributed by atoms with van der Waals surface area (Å²) in [5.74, 6) is 5.70. The van der Waals surface area contributed by atoms with Crippen LogP contribution in [0.2, 0.25) is 0 Å². The van der Waals surface area contributed by atoms with Gasteiger partial charge in [-0.25, -0.2) is 13.4 Å². The summed E-state index contributed by atoms with van der Waals surface area (Å²) in [6, 6.07) is 16.8. The molecule has 12 heteroatoms. The lowest BCUT2D eigenvalue weighted by Gasteiger charge is -2.09. The molecule has 0 bridgehead atoms. The molecule has 5 rings (SSSR count). The number of amides is 1. The Hall–Kier alpha value is -5.15. The van der Waals surface area contributed by atoms with Crippen LogP contribution < -0.4 is 10.6 Å². The number of carbonyl (C=O) groups is 1. The maximum absolute atomic E-state index is 13.0. The zero-order valence-corrected chi connectivity index (χ0v) is 23.7. The van der Waals surface area contributed by atoms with Crippen molar-refractivity contribution in [2.24, 2.45) is 0 Å². The van der Waals surface area contributed by atoms with E-state index in [1.165, 1.54) is 12.1 Å². The van der Waals surface area contributed by atoms with Crippen LogP contribution in [0.1, 0.15) is 38.4 Å². The Labute approximate surface area is 245 Å². The van der Waals surface area contributed by atoms with Crippen molar-refractivity contribution in [3.05, 3.63) is 119 Å². The minimum Gasteiger partial charge on any atom is -0.352 e. The van der Waals surface area contributed by atoms with Gasteiger partial charge < -0.3 is 10.6 Å². The van der Waals surface area contributed by atoms with Crippen LogP contribution in [-0.2, 0) is 22.6 Å². The number of halogens is 3. The fraction of sp³-hybridized carbons (Fsp3) is 0.129. The summed E-state index contributed by atoms with van der Waals surface area (Å²) in [4.78, 5) is 21.4. The molecule has 0 aliphatic heterocycles. The average Bonchev–Trinajstić information content (AvgIpc) is 3.39. The fourth-order valence-corrected chi connectivity index (χ4v) is 4.83. The monoisotopic (exact) mass is 603 g/mol. The number of rotatable bonds is 6. The largest absolute Gasteiger partial charge is 0.416 e. The molecule has 0 spiro atoms. The predicted octanol–water partition coefficient (Wildman–Crippen LogP) is 5.53. The van der Waals surface area contributed by atoms with Gasteiger partial charge in [-0.2, -0.15) is 13.2 Å². The van der Waals surface area contributed by atoms with Crippen LogP contribution in [0.3, 0.4) is 0 Å². The van der Waals surface area contributed by atoms with E-state index in [-0.39, 0.29) is 17.1 Å². The number of pyridine rings is 2. The Bertz CT molecular complexity index is 2010. The molecule has 0 saturated heterocycles. The fourth-order valence-electron chi connectivity index (χ4n) is 4.20. The van der Waals surface area contributed by atoms with Crippen LogP contribution in [-0.4, -0.2) is 34.9 Å². The van der Waals surface area contributed by atoms with Crippen molar-refractivity contribution in [2.75, 3.05) is 11.6 Å². The number of benzene rings is 2. The van der Waals surface area contributed by atoms with Gasteiger partial charge in [0.1, 0.15) is 5.69 Å². The van der Waals surface area contributed by atoms with Gasteiger partial charge in [-0.15, -0.1) is 0 Å². The molecular weight excluding hydrogens is 579 g/mol. The highest BCUT2D eigenvalue weighted by Gasteiger charge is 2.30. The lowest BCUT2D eigenvalue weighted by Crippen LogP contribution is -2.23. The van der Waals surface area contributed by atoms with Gasteiger partial charge in [0.25, 0.3) is 5.91 Å². The van der Waals surface area contributed by atoms with Gasteiger partial charge in [0.2, 0.25) is 0 Å². The van der Waals surface area contributed by atoms with Gasteiger partial charge in [0.15, 0.2) is 15.5 Å². The molecule has 0 fully saturated rings. The van der Waals surface area contributed by atoms with Crippen molar-refractivity contribution in [1.82, 2.24) is 19.7 Å². The number of nitrogens with one attached hydrogen (secondary N) is 2. The maximum atomic E-state index is 13.0. The molecule has 218 valence electrons. The topological polar surface area (TPSA) is 105 Å². The quantitative estimate of drug-likeness (QED) is 0.247. The van der Waals surface area contributed by atoms with Gasteiger partial charge in [0.05, 0.1) is 34.6 Å². The molecule has 0 aliphatic carbocycles. The summed E-state index contributed by atoms with van der Waals surface area (Å²) >= 11 is 0. The van der Waals surface area contributed by atoms with Crippen LogP contribution in [0.5, 0.6) is 0 Å². The van der Waals surface area contributed by atoms with Crippen LogP contribution in [0.4, 0.5) is 24.5 Å². The first-order valence-corrected chi connectivity index (χ1v) is 14.7. The van der Waals surface area contributed by atoms with Crippen molar-refractivity contribution in [1.29, 1.82) is 0 Å². The van der Waals surface area contributed by atoms with E-state index in [1.807, 2.05) is 25.3 Å². The molecule has 5 aromatic rings. The molecule has 0 atom stereocenters. The van der Waals surface area contributed by atoms with E-state index < -0.39 is 27.5 Å². The van der Waals surface area contributed by atoms with E-state index in [9.17, 15) is 26.4 Å². The maximum Gasteiger partial charge on any atom is 0.416 e. The van der Waals surface area contributed by atoms with Crippen LogP contribution in [0, 0.1) is 18.8 Å². The van der Waals surface area contributed by atoms with E-state index in [1.54, 1.807) is 40.9 Å². The predicted molar refractivity (Wildman–Crippen MR) is 156 cm³/mol. The summed E-state index contributed by atoms with van der Waals surface area (Å²) in [5.41, 5.74) is 3.55. The van der Waals surface area contributed by atoms with Crippen molar-refractivity contribution < 1.29 is 26.4 Å². The van der Waals surface area contributed by atoms with Crippen molar-refractivity contribution in [2.45, 2.75) is 24.5 Å². The first-order chi connectivity index (χ1) is 20.4. The number of sulfone groups is 1. The van der Waals surface area contributed by atoms with E-state index >= 15 is 0 Å². The molecule has 0 saturated carbocycles. The number of hydrogen-bond donors (Lipinski definition) is 2. The lowest BCUT2D eigenvalue weighted by molar-refractivity contribution is -0.137.